The summed E-state index contributed by atoms with van der Waals surface area (Å²) in [4.78, 5) is 11.5. The normalized spacial score (nSPS) is 18.4. The molecule has 0 fully saturated rings. The van der Waals surface area contributed by atoms with E-state index in [0.29, 0.717) is 6.42 Å². The molecule has 1 aromatic carbocycles. The lowest BCUT2D eigenvalue weighted by Gasteiger charge is -2.26. The van der Waals surface area contributed by atoms with E-state index in [9.17, 15) is 4.79 Å². The monoisotopic (exact) mass is 314 g/mol. The first-order valence-corrected chi connectivity index (χ1v) is 6.22. The van der Waals surface area contributed by atoms with Crippen molar-refractivity contribution < 1.29 is 14.3 Å². The molecular weight excluding hydrogens is 310 g/mol. The predicted molar refractivity (Wildman–Crippen MR) is 66.8 cm³/mol. The number of carbonyl (C=O) groups is 1. The van der Waals surface area contributed by atoms with Gasteiger partial charge in [-0.2, -0.15) is 0 Å². The van der Waals surface area contributed by atoms with E-state index < -0.39 is 12.1 Å². The van der Waals surface area contributed by atoms with Crippen LogP contribution in [-0.2, 0) is 4.79 Å². The number of hydrogen-bond donors (Lipinski definition) is 0. The Morgan fingerprint density at radius 1 is 1.00 bits per heavy atom. The molecule has 1 atom stereocenters. The van der Waals surface area contributed by atoms with Gasteiger partial charge in [0, 0.05) is 0 Å². The first kappa shape index (κ1) is 13.1. The van der Waals surface area contributed by atoms with E-state index in [1.807, 2.05) is 0 Å². The molecule has 1 aromatic rings. The highest BCUT2D eigenvalue weighted by Gasteiger charge is 2.34. The van der Waals surface area contributed by atoms with Crippen LogP contribution in [0, 0.1) is 0 Å². The van der Waals surface area contributed by atoms with Crippen LogP contribution in [0.3, 0.4) is 0 Å². The Morgan fingerprint density at radius 3 is 2.06 bits per heavy atom. The van der Waals surface area contributed by atoms with Crippen LogP contribution < -0.4 is 9.47 Å². The van der Waals surface area contributed by atoms with Gasteiger partial charge in [0.05, 0.1) is 10.0 Å². The lowest BCUT2D eigenvalue weighted by molar-refractivity contribution is -0.145. The third kappa shape index (κ3) is 2.06. The van der Waals surface area contributed by atoms with Gasteiger partial charge < -0.3 is 9.47 Å². The maximum absolute atomic E-state index is 11.5. The van der Waals surface area contributed by atoms with E-state index in [-0.39, 0.29) is 31.6 Å². The van der Waals surface area contributed by atoms with Gasteiger partial charge in [-0.25, -0.2) is 4.79 Å². The number of ether oxygens (including phenoxy) is 2. The molecule has 0 bridgehead atoms. The number of fused-ring (bicyclic) bond motifs is 1. The van der Waals surface area contributed by atoms with Crippen molar-refractivity contribution in [3.8, 4) is 11.5 Å². The zero-order valence-corrected chi connectivity index (χ0v) is 11.5. The van der Waals surface area contributed by atoms with Gasteiger partial charge in [0.15, 0.2) is 17.6 Å². The van der Waals surface area contributed by atoms with Crippen molar-refractivity contribution >= 4 is 52.4 Å². The molecule has 1 heterocycles. The van der Waals surface area contributed by atoms with E-state index in [1.54, 1.807) is 6.92 Å². The number of esters is 1. The Bertz CT molecular complexity index is 501. The molecule has 0 N–H and O–H groups in total. The SMILES string of the molecule is CCC1Oc2c(Cl)c(Cl)c(Cl)c(Cl)c2OC1=O. The highest BCUT2D eigenvalue weighted by molar-refractivity contribution is 6.53. The molecule has 0 saturated carbocycles. The highest BCUT2D eigenvalue weighted by Crippen LogP contribution is 2.52. The summed E-state index contributed by atoms with van der Waals surface area (Å²) in [5.41, 5.74) is 0. The summed E-state index contributed by atoms with van der Waals surface area (Å²) in [6, 6.07) is 0. The number of benzene rings is 1. The first-order valence-electron chi connectivity index (χ1n) is 4.71. The molecule has 17 heavy (non-hydrogen) atoms. The standard InChI is InChI=1S/C10H6Cl4O3/c1-2-3-10(15)17-9-7(14)5(12)4(11)6(13)8(9)16-3/h3H,2H2,1H3. The van der Waals surface area contributed by atoms with E-state index in [2.05, 4.69) is 0 Å². The Morgan fingerprint density at radius 2 is 1.53 bits per heavy atom. The third-order valence-electron chi connectivity index (χ3n) is 2.28. The summed E-state index contributed by atoms with van der Waals surface area (Å²) in [5.74, 6) is -0.366. The minimum atomic E-state index is -0.715. The second-order valence-corrected chi connectivity index (χ2v) is 4.86. The Hall–Kier alpha value is -0.350. The van der Waals surface area contributed by atoms with E-state index in [4.69, 9.17) is 55.9 Å². The lowest BCUT2D eigenvalue weighted by Crippen LogP contribution is -2.34. The van der Waals surface area contributed by atoms with Crippen LogP contribution >= 0.6 is 46.4 Å². The average Bonchev–Trinajstić information content (AvgIpc) is 2.33. The molecule has 92 valence electrons. The van der Waals surface area contributed by atoms with Gasteiger partial charge in [0.2, 0.25) is 0 Å². The Balaban J connectivity index is 2.62. The Labute approximate surface area is 117 Å². The molecule has 0 radical (unpaired) electrons. The van der Waals surface area contributed by atoms with Gasteiger partial charge in [-0.1, -0.05) is 53.3 Å². The van der Waals surface area contributed by atoms with Crippen molar-refractivity contribution in [2.24, 2.45) is 0 Å². The zero-order chi connectivity index (χ0) is 12.7. The summed E-state index contributed by atoms with van der Waals surface area (Å²) in [6.07, 6.45) is -0.264. The molecular formula is C10H6Cl4O3. The third-order valence-corrected chi connectivity index (χ3v) is 4.05. The van der Waals surface area contributed by atoms with Crippen molar-refractivity contribution in [3.63, 3.8) is 0 Å². The molecule has 7 heteroatoms. The predicted octanol–water partition coefficient (Wildman–Crippen LogP) is 4.38. The molecule has 2 rings (SSSR count). The fourth-order valence-corrected chi connectivity index (χ4v) is 2.30. The van der Waals surface area contributed by atoms with E-state index >= 15 is 0 Å². The molecule has 0 aromatic heterocycles. The van der Waals surface area contributed by atoms with Crippen LogP contribution in [0.5, 0.6) is 11.5 Å². The maximum atomic E-state index is 11.5. The largest absolute Gasteiger partial charge is 0.473 e. The number of rotatable bonds is 1. The lowest BCUT2D eigenvalue weighted by atomic mass is 10.2. The number of hydrogen-bond acceptors (Lipinski definition) is 3. The summed E-state index contributed by atoms with van der Waals surface area (Å²) in [6.45, 7) is 1.78. The molecule has 0 saturated heterocycles. The van der Waals surface area contributed by atoms with Crippen molar-refractivity contribution in [3.05, 3.63) is 20.1 Å². The molecule has 3 nitrogen and oxygen atoms in total. The minimum absolute atomic E-state index is 0.0129. The smallest absolute Gasteiger partial charge is 0.352 e. The fourth-order valence-electron chi connectivity index (χ4n) is 1.39. The average molecular weight is 316 g/mol. The molecule has 0 spiro atoms. The van der Waals surface area contributed by atoms with Gasteiger partial charge in [-0.15, -0.1) is 0 Å². The minimum Gasteiger partial charge on any atom is -0.473 e. The van der Waals surface area contributed by atoms with Gasteiger partial charge >= 0.3 is 5.97 Å². The first-order chi connectivity index (χ1) is 7.97. The van der Waals surface area contributed by atoms with Gasteiger partial charge in [-0.05, 0) is 6.42 Å². The van der Waals surface area contributed by atoms with Crippen LogP contribution in [0.2, 0.25) is 20.1 Å². The maximum Gasteiger partial charge on any atom is 0.352 e. The van der Waals surface area contributed by atoms with Crippen molar-refractivity contribution in [1.82, 2.24) is 0 Å². The van der Waals surface area contributed by atoms with Crippen LogP contribution in [0.15, 0.2) is 0 Å². The zero-order valence-electron chi connectivity index (χ0n) is 8.52. The summed E-state index contributed by atoms with van der Waals surface area (Å²) in [5, 5.41) is 0.203. The molecule has 1 aliphatic rings. The number of halogens is 4. The highest BCUT2D eigenvalue weighted by atomic mass is 35.5. The number of carbonyl (C=O) groups excluding carboxylic acids is 1. The fraction of sp³-hybridized carbons (Fsp3) is 0.300. The summed E-state index contributed by atoms with van der Waals surface area (Å²) >= 11 is 23.6. The van der Waals surface area contributed by atoms with Crippen LogP contribution in [0.25, 0.3) is 0 Å². The second kappa shape index (κ2) is 4.73. The summed E-state index contributed by atoms with van der Waals surface area (Å²) < 4.78 is 10.5. The van der Waals surface area contributed by atoms with Gasteiger partial charge in [-0.3, -0.25) is 0 Å². The van der Waals surface area contributed by atoms with Gasteiger partial charge in [0.25, 0.3) is 0 Å². The van der Waals surface area contributed by atoms with Crippen molar-refractivity contribution in [1.29, 1.82) is 0 Å². The Kier molecular flexibility index (Phi) is 3.64. The van der Waals surface area contributed by atoms with E-state index in [0.717, 1.165) is 0 Å². The van der Waals surface area contributed by atoms with Gasteiger partial charge in [0.1, 0.15) is 10.0 Å². The van der Waals surface area contributed by atoms with Crippen LogP contribution in [0.4, 0.5) is 0 Å². The van der Waals surface area contributed by atoms with Crippen molar-refractivity contribution in [2.75, 3.05) is 0 Å². The van der Waals surface area contributed by atoms with Crippen molar-refractivity contribution in [2.45, 2.75) is 19.4 Å². The molecule has 0 aliphatic carbocycles. The topological polar surface area (TPSA) is 35.5 Å². The molecule has 1 aliphatic heterocycles. The summed E-state index contributed by atoms with van der Waals surface area (Å²) in [7, 11) is 0. The second-order valence-electron chi connectivity index (χ2n) is 3.35. The van der Waals surface area contributed by atoms with Crippen LogP contribution in [-0.4, -0.2) is 12.1 Å². The quantitative estimate of drug-likeness (QED) is 0.334. The molecule has 0 amide bonds. The molecule has 1 unspecified atom stereocenters. The van der Waals surface area contributed by atoms with E-state index in [1.165, 1.54) is 0 Å². The van der Waals surface area contributed by atoms with Crippen LogP contribution in [0.1, 0.15) is 13.3 Å².